The van der Waals surface area contributed by atoms with E-state index in [4.69, 9.17) is 0 Å². The van der Waals surface area contributed by atoms with E-state index in [0.29, 0.717) is 0 Å². The Morgan fingerprint density at radius 3 is 1.05 bits per heavy atom. The van der Waals surface area contributed by atoms with E-state index >= 15 is 0 Å². The molecule has 2 aliphatic carbocycles. The van der Waals surface area contributed by atoms with Gasteiger partial charge in [0.25, 0.3) is 0 Å². The molecule has 20 heteroatoms. The molecule has 759 valence electrons. The monoisotopic (exact) mass is 2830 g/mol. The van der Waals surface area contributed by atoms with Crippen LogP contribution in [0, 0.1) is 65.0 Å². The van der Waals surface area contributed by atoms with E-state index < -0.39 is 0 Å². The van der Waals surface area contributed by atoms with Crippen LogP contribution in [0.3, 0.4) is 0 Å². The molecule has 148 heavy (non-hydrogen) atoms. The predicted octanol–water partition coefficient (Wildman–Crippen LogP) is 31.0. The van der Waals surface area contributed by atoms with Gasteiger partial charge in [-0.15, -0.1) is 205 Å². The van der Waals surface area contributed by atoms with Crippen molar-refractivity contribution in [2.75, 3.05) is 0 Å². The molecule has 22 rings (SSSR count). The standard InChI is InChI=1S/C27H26N3.C27H28N3.2C25H24N3.C24H20N3.5Ir/c1-17(2)25-28-29-26(19-11-7-6-8-12-19)30(25)24-16-23-21(15-18(24)3)20-13-9-10-14-22(20)27(23,4)5;1-4-5-9-21-12-14-22(15-13-21)23-16-18-25(19-17-23)30-26(20(2)3)28-29-27(30)24-10-7-6-8-11-24;1-17(2)24-26-27-25(21-13-9-6-10-14-21)28(24)23-18(3)15-22(16-19(23)4)20-11-7-5-8-12-20;1-17(2)24-26-27-25(21-8-6-5-7-9-21)28(24)23-12-10-20(11-13-23)22-15-18(3)14-19(4)16-22;1-16(2)23-25-26-24(17-8-4-3-5-9-17)27(23)20-12-13-22-19(15-20)14-18-10-6-7-11-21(18)22;;;;;/h6-11,13-17H,1-5H3;6-8,10,12-20H,4-5,9H2,1-3H3;5-13,15-17H,1-4H3;5-8,10-17H,1-4H3;3-8,10-13,15-16H,14H2,1-2H3;;;;;/q5*-1;;;;;. The van der Waals surface area contributed by atoms with Crippen molar-refractivity contribution in [1.82, 2.24) is 73.8 Å². The van der Waals surface area contributed by atoms with E-state index in [1.807, 2.05) is 127 Å². The molecular formula is C128H122Ir5N15-5. The van der Waals surface area contributed by atoms with Gasteiger partial charge in [-0.2, -0.15) is 25.5 Å². The number of aryl methyl sites for hydroxylation is 6. The Balaban J connectivity index is 0.000000153. The Labute approximate surface area is 940 Å². The van der Waals surface area contributed by atoms with Crippen LogP contribution in [0.1, 0.15) is 217 Å². The van der Waals surface area contributed by atoms with Crippen molar-refractivity contribution in [2.45, 2.75) is 185 Å². The summed E-state index contributed by atoms with van der Waals surface area (Å²) in [6, 6.07) is 133. The quantitative estimate of drug-likeness (QED) is 0.0635. The molecule has 0 spiro atoms. The van der Waals surface area contributed by atoms with Crippen LogP contribution in [-0.2, 0) is 119 Å². The van der Waals surface area contributed by atoms with Crippen LogP contribution in [0.2, 0.25) is 0 Å². The van der Waals surface area contributed by atoms with Gasteiger partial charge in [0.1, 0.15) is 29.1 Å². The van der Waals surface area contributed by atoms with Gasteiger partial charge in [-0.25, -0.2) is 0 Å². The maximum Gasteiger partial charge on any atom is 0.131 e. The molecule has 0 aliphatic heterocycles. The van der Waals surface area contributed by atoms with Crippen molar-refractivity contribution in [1.29, 1.82) is 0 Å². The summed E-state index contributed by atoms with van der Waals surface area (Å²) in [6.45, 7) is 39.2. The van der Waals surface area contributed by atoms with Crippen molar-refractivity contribution in [3.05, 3.63) is 449 Å². The number of benzene rings is 15. The van der Waals surface area contributed by atoms with Gasteiger partial charge in [0, 0.05) is 164 Å². The maximum atomic E-state index is 4.58. The third-order valence-electron chi connectivity index (χ3n) is 26.7. The molecule has 0 saturated carbocycles. The Bertz CT molecular complexity index is 7760. The van der Waals surface area contributed by atoms with Crippen molar-refractivity contribution in [3.63, 3.8) is 0 Å². The predicted molar refractivity (Wildman–Crippen MR) is 583 cm³/mol. The molecule has 2 aliphatic rings. The molecule has 0 N–H and O–H groups in total. The van der Waals surface area contributed by atoms with E-state index in [1.54, 1.807) is 0 Å². The van der Waals surface area contributed by atoms with E-state index in [0.717, 1.165) is 127 Å². The summed E-state index contributed by atoms with van der Waals surface area (Å²) < 4.78 is 10.9. The molecule has 0 saturated heterocycles. The van der Waals surface area contributed by atoms with Gasteiger partial charge >= 0.3 is 0 Å². The third-order valence-corrected chi connectivity index (χ3v) is 26.7. The van der Waals surface area contributed by atoms with Gasteiger partial charge in [-0.3, -0.25) is 0 Å². The number of rotatable bonds is 21. The summed E-state index contributed by atoms with van der Waals surface area (Å²) >= 11 is 0. The topological polar surface area (TPSA) is 154 Å². The van der Waals surface area contributed by atoms with Crippen molar-refractivity contribution in [3.8, 4) is 141 Å². The molecule has 20 aromatic rings. The second-order valence-corrected chi connectivity index (χ2v) is 39.4. The van der Waals surface area contributed by atoms with Crippen molar-refractivity contribution in [2.24, 2.45) is 0 Å². The van der Waals surface area contributed by atoms with E-state index in [1.165, 1.54) is 124 Å². The molecular weight excluding hydrogens is 2710 g/mol. The molecule has 5 heterocycles. The number of aromatic nitrogens is 15. The van der Waals surface area contributed by atoms with E-state index in [2.05, 4.69) is 435 Å². The second-order valence-electron chi connectivity index (χ2n) is 39.4. The van der Waals surface area contributed by atoms with Crippen LogP contribution < -0.4 is 0 Å². The zero-order valence-electron chi connectivity index (χ0n) is 86.8. The average Bonchev–Trinajstić information content (AvgIpc) is 1.56. The zero-order chi connectivity index (χ0) is 99.7. The van der Waals surface area contributed by atoms with Crippen LogP contribution in [-0.4, -0.2) is 73.8 Å². The minimum absolute atomic E-state index is 0. The summed E-state index contributed by atoms with van der Waals surface area (Å²) in [5.41, 5.74) is 36.1. The first kappa shape index (κ1) is 112. The zero-order valence-corrected chi connectivity index (χ0v) is 98.8. The van der Waals surface area contributed by atoms with Gasteiger partial charge < -0.3 is 22.8 Å². The molecule has 0 amide bonds. The largest absolute Gasteiger partial charge is 0.320 e. The fourth-order valence-electron chi connectivity index (χ4n) is 19.6. The fourth-order valence-corrected chi connectivity index (χ4v) is 19.6. The molecule has 0 fully saturated rings. The minimum atomic E-state index is -0.0422. The van der Waals surface area contributed by atoms with E-state index in [-0.39, 0.29) is 136 Å². The summed E-state index contributed by atoms with van der Waals surface area (Å²) in [5, 5.41) is 45.1. The third kappa shape index (κ3) is 24.4. The summed E-state index contributed by atoms with van der Waals surface area (Å²) in [4.78, 5) is 0. The molecule has 0 unspecified atom stereocenters. The van der Waals surface area contributed by atoms with Crippen LogP contribution in [0.25, 0.3) is 141 Å². The second kappa shape index (κ2) is 50.5. The fraction of sp³-hybridized carbons (Fsp3) is 0.219. The first-order chi connectivity index (χ1) is 69.4. The number of nitrogens with zero attached hydrogens (tertiary/aromatic N) is 15. The molecule has 5 radical (unpaired) electrons. The van der Waals surface area contributed by atoms with Crippen LogP contribution in [0.4, 0.5) is 0 Å². The molecule has 5 aromatic heterocycles. The number of unbranched alkanes of at least 4 members (excludes halogenated alkanes) is 1. The smallest absolute Gasteiger partial charge is 0.131 e. The van der Waals surface area contributed by atoms with Crippen LogP contribution in [0.15, 0.2) is 334 Å². The number of hydrogen-bond donors (Lipinski definition) is 0. The minimum Gasteiger partial charge on any atom is -0.320 e. The SMILES string of the molecule is CC(C)c1nnc(-c2[c-]cccc2)n1-c1ccc2c(c1)Cc1ccccc1-2.CCCCc1ccc(-c2ccc(-n3c(-c4[c-]cccc4)nnc3C(C)C)cc2)cc1.Cc1cc(-c2ccccc2)cc(C)c1-n1c(-c2[c-]cccc2)nnc1C(C)C.Cc1cc(C)cc(-c2ccc(-n3c(-c4[c-]cccc4)nnc3C(C)C)cc2)c1.Cc1cc2c(cc1-n1c(-c3[c-]cccc3)nnc1C(C)C)C(C)(C)c1ccccc1-2.[Ir].[Ir].[Ir].[Ir].[Ir]. The number of fused-ring (bicyclic) bond motifs is 6. The Morgan fingerprint density at radius 2 is 0.622 bits per heavy atom. The first-order valence-electron chi connectivity index (χ1n) is 50.0. The maximum absolute atomic E-state index is 4.58. The first-order valence-corrected chi connectivity index (χ1v) is 50.0. The Kier molecular flexibility index (Phi) is 38.4. The van der Waals surface area contributed by atoms with Crippen LogP contribution >= 0.6 is 0 Å². The normalized spacial score (nSPS) is 11.6. The molecule has 0 atom stereocenters. The van der Waals surface area contributed by atoms with Crippen molar-refractivity contribution < 1.29 is 101 Å². The van der Waals surface area contributed by atoms with Gasteiger partial charge in [0.2, 0.25) is 0 Å². The van der Waals surface area contributed by atoms with Crippen molar-refractivity contribution >= 4 is 0 Å². The Morgan fingerprint density at radius 1 is 0.277 bits per heavy atom. The molecule has 15 aromatic carbocycles. The molecule has 0 bridgehead atoms. The van der Waals surface area contributed by atoms with Gasteiger partial charge in [-0.1, -0.05) is 259 Å². The summed E-state index contributed by atoms with van der Waals surface area (Å²) in [5.74, 6) is 10.3. The van der Waals surface area contributed by atoms with Gasteiger partial charge in [0.05, 0.1) is 29.1 Å². The van der Waals surface area contributed by atoms with Gasteiger partial charge in [0.15, 0.2) is 0 Å². The van der Waals surface area contributed by atoms with Crippen LogP contribution in [0.5, 0.6) is 0 Å². The van der Waals surface area contributed by atoms with Gasteiger partial charge in [-0.05, 0) is 215 Å². The summed E-state index contributed by atoms with van der Waals surface area (Å²) in [7, 11) is 0. The average molecular weight is 2830 g/mol. The number of hydrogen-bond acceptors (Lipinski definition) is 10. The summed E-state index contributed by atoms with van der Waals surface area (Å²) in [6.07, 6.45) is 4.60. The van der Waals surface area contributed by atoms with E-state index in [9.17, 15) is 0 Å². The molecule has 15 nitrogen and oxygen atoms in total. The Hall–Kier alpha value is -12.8.